The molecule has 4 rings (SSSR count). The van der Waals surface area contributed by atoms with E-state index in [9.17, 15) is 9.59 Å². The average molecular weight is 452 g/mol. The SMILES string of the molecule is Cc1ncc(C)c2c(C(=O)C(=O)N3CCC(=C(Br)c4ccccc4)CC3)c[nH]c12. The highest BCUT2D eigenvalue weighted by atomic mass is 79.9. The minimum absolute atomic E-state index is 0.430. The third-order valence-electron chi connectivity index (χ3n) is 5.52. The summed E-state index contributed by atoms with van der Waals surface area (Å²) < 4.78 is 1.09. The van der Waals surface area contributed by atoms with Gasteiger partial charge >= 0.3 is 0 Å². The number of Topliss-reactive ketones (excluding diaryl/α,β-unsaturated/α-hetero) is 1. The Labute approximate surface area is 178 Å². The molecule has 0 atom stereocenters. The highest BCUT2D eigenvalue weighted by Gasteiger charge is 2.28. The number of fused-ring (bicyclic) bond motifs is 1. The Hall–Kier alpha value is -2.73. The number of piperidine rings is 1. The Morgan fingerprint density at radius 3 is 2.48 bits per heavy atom. The lowest BCUT2D eigenvalue weighted by Crippen LogP contribution is -2.40. The molecule has 5 nitrogen and oxygen atoms in total. The van der Waals surface area contributed by atoms with E-state index in [1.807, 2.05) is 32.0 Å². The maximum atomic E-state index is 13.0. The molecule has 1 aromatic carbocycles. The van der Waals surface area contributed by atoms with Crippen molar-refractivity contribution in [2.24, 2.45) is 0 Å². The average Bonchev–Trinajstić information content (AvgIpc) is 3.22. The Morgan fingerprint density at radius 2 is 1.79 bits per heavy atom. The normalized spacial score (nSPS) is 14.3. The van der Waals surface area contributed by atoms with E-state index in [1.54, 1.807) is 17.3 Å². The summed E-state index contributed by atoms with van der Waals surface area (Å²) in [5.74, 6) is -0.894. The van der Waals surface area contributed by atoms with E-state index in [0.29, 0.717) is 18.7 Å². The second kappa shape index (κ2) is 7.95. The van der Waals surface area contributed by atoms with Gasteiger partial charge in [-0.2, -0.15) is 0 Å². The van der Waals surface area contributed by atoms with Crippen LogP contribution in [0.4, 0.5) is 0 Å². The fourth-order valence-corrected chi connectivity index (χ4v) is 4.53. The van der Waals surface area contributed by atoms with Gasteiger partial charge in [-0.1, -0.05) is 51.8 Å². The number of halogens is 1. The monoisotopic (exact) mass is 451 g/mol. The van der Waals surface area contributed by atoms with Crippen molar-refractivity contribution in [3.05, 3.63) is 70.7 Å². The number of aryl methyl sites for hydroxylation is 2. The highest BCUT2D eigenvalue weighted by molar-refractivity contribution is 9.15. The number of nitrogens with one attached hydrogen (secondary N) is 1. The molecule has 1 aliphatic rings. The van der Waals surface area contributed by atoms with Crippen molar-refractivity contribution in [3.8, 4) is 0 Å². The number of likely N-dealkylation sites (tertiary alicyclic amines) is 1. The van der Waals surface area contributed by atoms with Crippen LogP contribution in [0.1, 0.15) is 40.0 Å². The number of nitrogens with zero attached hydrogens (tertiary/aromatic N) is 2. The van der Waals surface area contributed by atoms with Crippen molar-refractivity contribution in [1.29, 1.82) is 0 Å². The van der Waals surface area contributed by atoms with Crippen LogP contribution in [0, 0.1) is 13.8 Å². The zero-order valence-electron chi connectivity index (χ0n) is 16.5. The Balaban J connectivity index is 1.52. The smallest absolute Gasteiger partial charge is 0.295 e. The van der Waals surface area contributed by atoms with E-state index in [4.69, 9.17) is 0 Å². The van der Waals surface area contributed by atoms with Crippen LogP contribution in [0.15, 0.2) is 48.3 Å². The number of aromatic amines is 1. The molecule has 29 heavy (non-hydrogen) atoms. The van der Waals surface area contributed by atoms with Crippen LogP contribution >= 0.6 is 15.9 Å². The number of ketones is 1. The van der Waals surface area contributed by atoms with Gasteiger partial charge in [0.25, 0.3) is 11.7 Å². The Morgan fingerprint density at radius 1 is 1.10 bits per heavy atom. The molecule has 0 bridgehead atoms. The maximum absolute atomic E-state index is 13.0. The Bertz CT molecular complexity index is 1120. The summed E-state index contributed by atoms with van der Waals surface area (Å²) in [7, 11) is 0. The van der Waals surface area contributed by atoms with Crippen molar-refractivity contribution in [2.75, 3.05) is 13.1 Å². The molecule has 148 valence electrons. The van der Waals surface area contributed by atoms with Gasteiger partial charge < -0.3 is 9.88 Å². The molecule has 0 saturated carbocycles. The Kier molecular flexibility index (Phi) is 5.37. The number of hydrogen-bond donors (Lipinski definition) is 1. The first kappa shape index (κ1) is 19.6. The zero-order chi connectivity index (χ0) is 20.5. The number of hydrogen-bond acceptors (Lipinski definition) is 3. The summed E-state index contributed by atoms with van der Waals surface area (Å²) >= 11 is 3.71. The number of pyridine rings is 1. The van der Waals surface area contributed by atoms with Crippen LogP contribution in [0.5, 0.6) is 0 Å². The van der Waals surface area contributed by atoms with E-state index in [0.717, 1.165) is 45.0 Å². The summed E-state index contributed by atoms with van der Waals surface area (Å²) in [6.07, 6.45) is 4.88. The minimum Gasteiger partial charge on any atom is -0.359 e. The molecule has 0 unspecified atom stereocenters. The van der Waals surface area contributed by atoms with Crippen LogP contribution in [0.25, 0.3) is 15.4 Å². The number of amides is 1. The van der Waals surface area contributed by atoms with Gasteiger partial charge in [0.15, 0.2) is 0 Å². The van der Waals surface area contributed by atoms with Crippen LogP contribution in [-0.2, 0) is 4.79 Å². The van der Waals surface area contributed by atoms with Crippen LogP contribution < -0.4 is 0 Å². The van der Waals surface area contributed by atoms with Crippen molar-refractivity contribution in [2.45, 2.75) is 26.7 Å². The summed E-state index contributed by atoms with van der Waals surface area (Å²) in [6.45, 7) is 4.88. The maximum Gasteiger partial charge on any atom is 0.295 e. The van der Waals surface area contributed by atoms with Crippen molar-refractivity contribution in [3.63, 3.8) is 0 Å². The molecule has 2 aromatic heterocycles. The lowest BCUT2D eigenvalue weighted by atomic mass is 9.99. The topological polar surface area (TPSA) is 66.1 Å². The zero-order valence-corrected chi connectivity index (χ0v) is 18.0. The molecule has 0 aliphatic carbocycles. The van der Waals surface area contributed by atoms with Crippen LogP contribution in [-0.4, -0.2) is 39.6 Å². The van der Waals surface area contributed by atoms with Crippen molar-refractivity contribution < 1.29 is 9.59 Å². The fourth-order valence-electron chi connectivity index (χ4n) is 3.87. The minimum atomic E-state index is -0.459. The van der Waals surface area contributed by atoms with Gasteiger partial charge in [0, 0.05) is 35.4 Å². The molecule has 0 radical (unpaired) electrons. The summed E-state index contributed by atoms with van der Waals surface area (Å²) in [4.78, 5) is 35.0. The first-order valence-corrected chi connectivity index (χ1v) is 10.5. The van der Waals surface area contributed by atoms with Crippen LogP contribution in [0.2, 0.25) is 0 Å². The number of carbonyl (C=O) groups is 2. The second-order valence-electron chi connectivity index (χ2n) is 7.38. The molecule has 1 fully saturated rings. The number of benzene rings is 1. The second-order valence-corrected chi connectivity index (χ2v) is 8.18. The number of rotatable bonds is 3. The van der Waals surface area contributed by atoms with Crippen molar-refractivity contribution in [1.82, 2.24) is 14.9 Å². The lowest BCUT2D eigenvalue weighted by molar-refractivity contribution is -0.126. The van der Waals surface area contributed by atoms with Gasteiger partial charge in [-0.25, -0.2) is 0 Å². The predicted octanol–water partition coefficient (Wildman–Crippen LogP) is 4.79. The first-order valence-electron chi connectivity index (χ1n) is 9.67. The molecule has 3 heterocycles. The van der Waals surface area contributed by atoms with Gasteiger partial charge in [0.1, 0.15) is 0 Å². The molecular formula is C23H22BrN3O2. The third-order valence-corrected chi connectivity index (χ3v) is 6.54. The molecule has 1 aliphatic heterocycles. The molecule has 1 N–H and O–H groups in total. The summed E-state index contributed by atoms with van der Waals surface area (Å²) in [5, 5.41) is 0.792. The van der Waals surface area contributed by atoms with E-state index in [-0.39, 0.29) is 0 Å². The quantitative estimate of drug-likeness (QED) is 0.459. The molecule has 1 saturated heterocycles. The molecule has 6 heteroatoms. The lowest BCUT2D eigenvalue weighted by Gasteiger charge is -2.28. The van der Waals surface area contributed by atoms with E-state index in [1.165, 1.54) is 5.57 Å². The van der Waals surface area contributed by atoms with E-state index >= 15 is 0 Å². The van der Waals surface area contributed by atoms with Gasteiger partial charge in [-0.15, -0.1) is 0 Å². The molecule has 1 amide bonds. The molecule has 0 spiro atoms. The van der Waals surface area contributed by atoms with Gasteiger partial charge in [-0.05, 0) is 37.8 Å². The van der Waals surface area contributed by atoms with Crippen molar-refractivity contribution >= 4 is 43.0 Å². The number of carbonyl (C=O) groups excluding carboxylic acids is 2. The van der Waals surface area contributed by atoms with E-state index in [2.05, 4.69) is 38.0 Å². The van der Waals surface area contributed by atoms with Gasteiger partial charge in [0.2, 0.25) is 0 Å². The fraction of sp³-hybridized carbons (Fsp3) is 0.261. The summed E-state index contributed by atoms with van der Waals surface area (Å²) in [6, 6.07) is 10.1. The highest BCUT2D eigenvalue weighted by Crippen LogP contribution is 2.31. The van der Waals surface area contributed by atoms with Crippen LogP contribution in [0.3, 0.4) is 0 Å². The largest absolute Gasteiger partial charge is 0.359 e. The van der Waals surface area contributed by atoms with E-state index < -0.39 is 11.7 Å². The van der Waals surface area contributed by atoms with Gasteiger partial charge in [0.05, 0.1) is 16.8 Å². The first-order chi connectivity index (χ1) is 14.0. The number of H-pyrrole nitrogens is 1. The standard InChI is InChI=1S/C23H22BrN3O2/c1-14-12-25-15(2)21-19(14)18(13-26-21)22(28)23(29)27-10-8-17(9-11-27)20(24)16-6-4-3-5-7-16/h3-7,12-13,26H,8-11H2,1-2H3. The predicted molar refractivity (Wildman–Crippen MR) is 118 cm³/mol. The molecule has 3 aromatic rings. The van der Waals surface area contributed by atoms with Gasteiger partial charge in [-0.3, -0.25) is 14.6 Å². The molecular weight excluding hydrogens is 430 g/mol. The third kappa shape index (κ3) is 3.65. The summed E-state index contributed by atoms with van der Waals surface area (Å²) in [5.41, 5.74) is 5.36. The number of aromatic nitrogens is 2.